The van der Waals surface area contributed by atoms with E-state index in [1.54, 1.807) is 12.1 Å². The molecule has 2 N–H and O–H groups in total. The average Bonchev–Trinajstić information content (AvgIpc) is 2.55. The summed E-state index contributed by atoms with van der Waals surface area (Å²) in [7, 11) is -3.60. The van der Waals surface area contributed by atoms with Gasteiger partial charge in [0.05, 0.1) is 23.2 Å². The topological polar surface area (TPSA) is 102 Å². The molecule has 0 aliphatic rings. The maximum absolute atomic E-state index is 13.6. The fraction of sp³-hybridized carbons (Fsp3) is 0.176. The number of hydrogen-bond acceptors (Lipinski definition) is 5. The number of benzene rings is 2. The van der Waals surface area contributed by atoms with E-state index >= 15 is 0 Å². The molecule has 2 aromatic rings. The minimum atomic E-state index is -3.60. The summed E-state index contributed by atoms with van der Waals surface area (Å²) in [4.78, 5) is 24.4. The first kappa shape index (κ1) is 19.4. The highest BCUT2D eigenvalue weighted by molar-refractivity contribution is 7.92. The highest BCUT2D eigenvalue weighted by Crippen LogP contribution is 2.19. The molecule has 0 bridgehead atoms. The molecule has 1 amide bonds. The molecule has 7 nitrogen and oxygen atoms in total. The zero-order valence-corrected chi connectivity index (χ0v) is 14.8. The van der Waals surface area contributed by atoms with Crippen molar-refractivity contribution >= 4 is 33.3 Å². The van der Waals surface area contributed by atoms with Gasteiger partial charge in [0.2, 0.25) is 10.0 Å². The summed E-state index contributed by atoms with van der Waals surface area (Å²) in [5, 5.41) is 2.32. The van der Waals surface area contributed by atoms with Crippen LogP contribution >= 0.6 is 0 Å². The van der Waals surface area contributed by atoms with Gasteiger partial charge in [0.1, 0.15) is 5.82 Å². The second-order valence-corrected chi connectivity index (χ2v) is 7.18. The number of esters is 1. The van der Waals surface area contributed by atoms with Crippen molar-refractivity contribution in [3.8, 4) is 0 Å². The maximum atomic E-state index is 13.6. The number of hydrogen-bond donors (Lipinski definition) is 2. The van der Waals surface area contributed by atoms with Gasteiger partial charge in [0.25, 0.3) is 5.91 Å². The van der Waals surface area contributed by atoms with Crippen molar-refractivity contribution in [3.05, 3.63) is 59.9 Å². The molecule has 1 atom stereocenters. The quantitative estimate of drug-likeness (QED) is 0.749. The number of carbonyl (C=O) groups excluding carboxylic acids is 2. The monoisotopic (exact) mass is 380 g/mol. The second kappa shape index (κ2) is 7.96. The minimum absolute atomic E-state index is 0.0294. The number of ether oxygens (including phenoxy) is 1. The Kier molecular flexibility index (Phi) is 5.93. The van der Waals surface area contributed by atoms with Gasteiger partial charge in [-0.05, 0) is 31.2 Å². The lowest BCUT2D eigenvalue weighted by Crippen LogP contribution is -2.30. The van der Waals surface area contributed by atoms with E-state index < -0.39 is 33.8 Å². The first-order chi connectivity index (χ1) is 12.2. The molecule has 0 aromatic heterocycles. The Morgan fingerprint density at radius 3 is 2.23 bits per heavy atom. The van der Waals surface area contributed by atoms with Crippen molar-refractivity contribution in [2.45, 2.75) is 13.0 Å². The Bertz CT molecular complexity index is 930. The first-order valence-electron chi connectivity index (χ1n) is 7.50. The predicted molar refractivity (Wildman–Crippen MR) is 94.8 cm³/mol. The molecule has 0 heterocycles. The summed E-state index contributed by atoms with van der Waals surface area (Å²) < 4.78 is 43.6. The van der Waals surface area contributed by atoms with E-state index in [1.165, 1.54) is 43.3 Å². The molecular weight excluding hydrogens is 363 g/mol. The van der Waals surface area contributed by atoms with Gasteiger partial charge >= 0.3 is 5.97 Å². The fourth-order valence-corrected chi connectivity index (χ4v) is 2.60. The van der Waals surface area contributed by atoms with Crippen LogP contribution in [-0.2, 0) is 19.6 Å². The van der Waals surface area contributed by atoms with E-state index in [0.29, 0.717) is 0 Å². The number of anilines is 2. The summed E-state index contributed by atoms with van der Waals surface area (Å²) in [6.07, 6.45) is -0.284. The third-order valence-corrected chi connectivity index (χ3v) is 3.82. The van der Waals surface area contributed by atoms with Gasteiger partial charge in [-0.3, -0.25) is 9.52 Å². The number of para-hydroxylation sites is 2. The van der Waals surface area contributed by atoms with Crippen LogP contribution in [0.15, 0.2) is 48.5 Å². The van der Waals surface area contributed by atoms with Crippen LogP contribution in [0.25, 0.3) is 0 Å². The van der Waals surface area contributed by atoms with Gasteiger partial charge in [-0.2, -0.15) is 0 Å². The number of carbonyl (C=O) groups is 2. The van der Waals surface area contributed by atoms with Crippen LogP contribution in [0.1, 0.15) is 17.3 Å². The smallest absolute Gasteiger partial charge is 0.341 e. The summed E-state index contributed by atoms with van der Waals surface area (Å²) in [6.45, 7) is 1.32. The molecule has 0 radical (unpaired) electrons. The van der Waals surface area contributed by atoms with Gasteiger partial charge in [-0.15, -0.1) is 0 Å². The molecule has 0 aliphatic carbocycles. The van der Waals surface area contributed by atoms with E-state index in [0.717, 1.165) is 6.26 Å². The van der Waals surface area contributed by atoms with Crippen LogP contribution in [0.5, 0.6) is 0 Å². The van der Waals surface area contributed by atoms with Crippen molar-refractivity contribution in [1.29, 1.82) is 0 Å². The lowest BCUT2D eigenvalue weighted by Gasteiger charge is -2.15. The first-order valence-corrected chi connectivity index (χ1v) is 9.39. The third kappa shape index (κ3) is 5.28. The standard InChI is InChI=1S/C17H17FN2O5S/c1-11(16(21)19-15-10-6-4-8-13(15)18)25-17(22)12-7-3-5-9-14(12)20-26(2,23)24/h3-11,20H,1-2H3,(H,19,21). The molecule has 26 heavy (non-hydrogen) atoms. The highest BCUT2D eigenvalue weighted by atomic mass is 32.2. The minimum Gasteiger partial charge on any atom is -0.449 e. The van der Waals surface area contributed by atoms with E-state index in [2.05, 4.69) is 10.0 Å². The number of nitrogens with one attached hydrogen (secondary N) is 2. The molecule has 0 aliphatic heterocycles. The van der Waals surface area contributed by atoms with Gasteiger partial charge in [0.15, 0.2) is 6.10 Å². The Labute approximate surface area is 150 Å². The van der Waals surface area contributed by atoms with Crippen LogP contribution in [0.2, 0.25) is 0 Å². The Morgan fingerprint density at radius 2 is 1.62 bits per heavy atom. The highest BCUT2D eigenvalue weighted by Gasteiger charge is 2.22. The molecule has 1 unspecified atom stereocenters. The fourth-order valence-electron chi connectivity index (χ4n) is 2.02. The second-order valence-electron chi connectivity index (χ2n) is 5.44. The maximum Gasteiger partial charge on any atom is 0.341 e. The van der Waals surface area contributed by atoms with Crippen LogP contribution < -0.4 is 10.0 Å². The average molecular weight is 380 g/mol. The van der Waals surface area contributed by atoms with Crippen molar-refractivity contribution in [2.24, 2.45) is 0 Å². The van der Waals surface area contributed by atoms with E-state index in [4.69, 9.17) is 4.74 Å². The predicted octanol–water partition coefficient (Wildman–Crippen LogP) is 2.38. The lowest BCUT2D eigenvalue weighted by atomic mass is 10.2. The summed E-state index contributed by atoms with van der Waals surface area (Å²) in [5.41, 5.74) is -0.0651. The van der Waals surface area contributed by atoms with E-state index in [1.807, 2.05) is 0 Å². The van der Waals surface area contributed by atoms with Crippen molar-refractivity contribution < 1.29 is 27.1 Å². The van der Waals surface area contributed by atoms with Gasteiger partial charge in [-0.25, -0.2) is 17.6 Å². The molecule has 2 aromatic carbocycles. The molecule has 9 heteroatoms. The Morgan fingerprint density at radius 1 is 1.04 bits per heavy atom. The zero-order valence-electron chi connectivity index (χ0n) is 14.0. The molecular formula is C17H17FN2O5S. The Hall–Kier alpha value is -2.94. The number of halogens is 1. The molecule has 138 valence electrons. The number of amides is 1. The van der Waals surface area contributed by atoms with Crippen LogP contribution in [0.4, 0.5) is 15.8 Å². The molecule has 0 saturated heterocycles. The van der Waals surface area contributed by atoms with Gasteiger partial charge < -0.3 is 10.1 Å². The molecule has 0 spiro atoms. The summed E-state index contributed by atoms with van der Waals surface area (Å²) in [6, 6.07) is 11.4. The van der Waals surface area contributed by atoms with Crippen molar-refractivity contribution in [2.75, 3.05) is 16.3 Å². The van der Waals surface area contributed by atoms with Crippen molar-refractivity contribution in [3.63, 3.8) is 0 Å². The molecule has 0 fully saturated rings. The number of sulfonamides is 1. The van der Waals surface area contributed by atoms with Gasteiger partial charge in [-0.1, -0.05) is 24.3 Å². The normalized spacial score (nSPS) is 12.1. The van der Waals surface area contributed by atoms with Crippen LogP contribution in [0.3, 0.4) is 0 Å². The lowest BCUT2D eigenvalue weighted by molar-refractivity contribution is -0.123. The summed E-state index contributed by atoms with van der Waals surface area (Å²) in [5.74, 6) is -2.24. The summed E-state index contributed by atoms with van der Waals surface area (Å²) >= 11 is 0. The molecule has 0 saturated carbocycles. The molecule has 2 rings (SSSR count). The van der Waals surface area contributed by atoms with Crippen molar-refractivity contribution in [1.82, 2.24) is 0 Å². The Balaban J connectivity index is 2.10. The zero-order chi connectivity index (χ0) is 19.3. The largest absolute Gasteiger partial charge is 0.449 e. The SMILES string of the molecule is CC(OC(=O)c1ccccc1NS(C)(=O)=O)C(=O)Nc1ccccc1F. The van der Waals surface area contributed by atoms with E-state index in [9.17, 15) is 22.4 Å². The van der Waals surface area contributed by atoms with Crippen LogP contribution in [-0.4, -0.2) is 32.7 Å². The van der Waals surface area contributed by atoms with Gasteiger partial charge in [0, 0.05) is 0 Å². The van der Waals surface area contributed by atoms with E-state index in [-0.39, 0.29) is 16.9 Å². The number of rotatable bonds is 6. The van der Waals surface area contributed by atoms with Crippen LogP contribution in [0, 0.1) is 5.82 Å². The third-order valence-electron chi connectivity index (χ3n) is 3.23.